The lowest BCUT2D eigenvalue weighted by molar-refractivity contribution is 0.0283. The van der Waals surface area contributed by atoms with Crippen molar-refractivity contribution in [3.05, 3.63) is 11.6 Å². The monoisotopic (exact) mass is 182 g/mol. The summed E-state index contributed by atoms with van der Waals surface area (Å²) in [4.78, 5) is 0. The molecule has 1 nitrogen and oxygen atoms in total. The quantitative estimate of drug-likeness (QED) is 0.608. The number of allylic oxidation sites excluding steroid dienone is 1. The van der Waals surface area contributed by atoms with E-state index in [4.69, 9.17) is 4.74 Å². The van der Waals surface area contributed by atoms with Crippen LogP contribution in [0.2, 0.25) is 0 Å². The van der Waals surface area contributed by atoms with Gasteiger partial charge in [-0.3, -0.25) is 0 Å². The third-order valence-electron chi connectivity index (χ3n) is 2.96. The molecule has 1 aliphatic rings. The van der Waals surface area contributed by atoms with Gasteiger partial charge >= 0.3 is 0 Å². The summed E-state index contributed by atoms with van der Waals surface area (Å²) in [6.07, 6.45) is 5.24. The largest absolute Gasteiger partial charge is 0.374 e. The highest BCUT2D eigenvalue weighted by Gasteiger charge is 2.26. The Morgan fingerprint density at radius 2 is 2.23 bits per heavy atom. The van der Waals surface area contributed by atoms with Crippen LogP contribution in [0.4, 0.5) is 0 Å². The lowest BCUT2D eigenvalue weighted by Gasteiger charge is -2.32. The van der Waals surface area contributed by atoms with Gasteiger partial charge in [0.05, 0.1) is 6.10 Å². The average Bonchev–Trinajstić information content (AvgIpc) is 2.04. The van der Waals surface area contributed by atoms with Gasteiger partial charge in [-0.05, 0) is 38.5 Å². The van der Waals surface area contributed by atoms with E-state index in [9.17, 15) is 0 Å². The van der Waals surface area contributed by atoms with Crippen LogP contribution in [0.3, 0.4) is 0 Å². The van der Waals surface area contributed by atoms with E-state index in [2.05, 4.69) is 33.8 Å². The molecule has 13 heavy (non-hydrogen) atoms. The maximum Gasteiger partial charge on any atom is 0.0788 e. The van der Waals surface area contributed by atoms with Crippen LogP contribution >= 0.6 is 0 Å². The molecule has 0 aromatic rings. The van der Waals surface area contributed by atoms with Crippen LogP contribution in [0.25, 0.3) is 0 Å². The molecule has 2 atom stereocenters. The minimum absolute atomic E-state index is 0.374. The molecule has 0 aliphatic heterocycles. The van der Waals surface area contributed by atoms with Crippen molar-refractivity contribution in [2.45, 2.75) is 46.6 Å². The van der Waals surface area contributed by atoms with Gasteiger partial charge in [0.25, 0.3) is 0 Å². The zero-order valence-electron chi connectivity index (χ0n) is 9.34. The van der Waals surface area contributed by atoms with Gasteiger partial charge in [-0.1, -0.05) is 25.5 Å². The zero-order chi connectivity index (χ0) is 9.84. The number of ether oxygens (including phenoxy) is 1. The smallest absolute Gasteiger partial charge is 0.0788 e. The lowest BCUT2D eigenvalue weighted by Crippen LogP contribution is -2.29. The Kier molecular flexibility index (Phi) is 3.98. The van der Waals surface area contributed by atoms with Crippen LogP contribution in [0.5, 0.6) is 0 Å². The molecule has 0 saturated carbocycles. The molecule has 0 aromatic carbocycles. The first-order chi connectivity index (χ1) is 6.15. The van der Waals surface area contributed by atoms with Crippen molar-refractivity contribution in [1.82, 2.24) is 0 Å². The van der Waals surface area contributed by atoms with Crippen LogP contribution in [0.15, 0.2) is 11.6 Å². The van der Waals surface area contributed by atoms with Gasteiger partial charge < -0.3 is 4.74 Å². The highest BCUT2D eigenvalue weighted by Crippen LogP contribution is 2.31. The first-order valence-electron chi connectivity index (χ1n) is 5.44. The third-order valence-corrected chi connectivity index (χ3v) is 2.96. The molecule has 0 heterocycles. The van der Waals surface area contributed by atoms with E-state index in [-0.39, 0.29) is 0 Å². The molecule has 0 bridgehead atoms. The maximum absolute atomic E-state index is 5.75. The van der Waals surface area contributed by atoms with Crippen molar-refractivity contribution in [2.24, 2.45) is 11.8 Å². The van der Waals surface area contributed by atoms with Crippen LogP contribution in [0, 0.1) is 11.8 Å². The summed E-state index contributed by atoms with van der Waals surface area (Å²) in [5.74, 6) is 1.46. The fraction of sp³-hybridized carbons (Fsp3) is 0.833. The molecule has 0 aromatic heterocycles. The van der Waals surface area contributed by atoms with E-state index in [1.54, 1.807) is 0 Å². The summed E-state index contributed by atoms with van der Waals surface area (Å²) >= 11 is 0. The van der Waals surface area contributed by atoms with E-state index in [0.29, 0.717) is 6.10 Å². The Bertz CT molecular complexity index is 182. The van der Waals surface area contributed by atoms with Gasteiger partial charge in [-0.2, -0.15) is 0 Å². The van der Waals surface area contributed by atoms with Crippen LogP contribution in [-0.4, -0.2) is 12.7 Å². The average molecular weight is 182 g/mol. The van der Waals surface area contributed by atoms with Crippen molar-refractivity contribution in [2.75, 3.05) is 6.61 Å². The molecule has 1 rings (SSSR count). The zero-order valence-corrected chi connectivity index (χ0v) is 9.34. The molecule has 0 fully saturated rings. The molecule has 0 unspecified atom stereocenters. The fourth-order valence-electron chi connectivity index (χ4n) is 2.12. The predicted molar refractivity (Wildman–Crippen MR) is 56.7 cm³/mol. The van der Waals surface area contributed by atoms with E-state index in [1.165, 1.54) is 18.4 Å². The minimum Gasteiger partial charge on any atom is -0.374 e. The molecule has 0 radical (unpaired) electrons. The van der Waals surface area contributed by atoms with Gasteiger partial charge in [0.1, 0.15) is 0 Å². The third kappa shape index (κ3) is 2.84. The summed E-state index contributed by atoms with van der Waals surface area (Å²) in [5.41, 5.74) is 1.50. The van der Waals surface area contributed by atoms with Crippen LogP contribution in [0.1, 0.15) is 40.5 Å². The van der Waals surface area contributed by atoms with Crippen LogP contribution in [-0.2, 0) is 4.74 Å². The van der Waals surface area contributed by atoms with Gasteiger partial charge in [-0.15, -0.1) is 0 Å². The molecule has 76 valence electrons. The predicted octanol–water partition coefficient (Wildman–Crippen LogP) is 3.40. The van der Waals surface area contributed by atoms with Crippen molar-refractivity contribution >= 4 is 0 Å². The Morgan fingerprint density at radius 3 is 2.77 bits per heavy atom. The Morgan fingerprint density at radius 1 is 1.54 bits per heavy atom. The normalized spacial score (nSPS) is 29.2. The summed E-state index contributed by atoms with van der Waals surface area (Å²) in [6, 6.07) is 0. The topological polar surface area (TPSA) is 9.23 Å². The molecule has 0 N–H and O–H groups in total. The molecule has 1 heteroatoms. The van der Waals surface area contributed by atoms with Crippen molar-refractivity contribution in [1.29, 1.82) is 0 Å². The Balaban J connectivity index is 2.64. The fourth-order valence-corrected chi connectivity index (χ4v) is 2.12. The van der Waals surface area contributed by atoms with E-state index >= 15 is 0 Å². The molecule has 0 spiro atoms. The molecular weight excluding hydrogens is 160 g/mol. The number of rotatable bonds is 3. The summed E-state index contributed by atoms with van der Waals surface area (Å²) in [5, 5.41) is 0. The maximum atomic E-state index is 5.75. The second-order valence-corrected chi connectivity index (χ2v) is 4.38. The van der Waals surface area contributed by atoms with Gasteiger partial charge in [0.2, 0.25) is 0 Å². The summed E-state index contributed by atoms with van der Waals surface area (Å²) in [6.45, 7) is 9.71. The highest BCUT2D eigenvalue weighted by atomic mass is 16.5. The van der Waals surface area contributed by atoms with Gasteiger partial charge in [0.15, 0.2) is 0 Å². The van der Waals surface area contributed by atoms with Gasteiger partial charge in [-0.25, -0.2) is 0 Å². The molecular formula is C12H22O. The van der Waals surface area contributed by atoms with Crippen LogP contribution < -0.4 is 0 Å². The Hall–Kier alpha value is -0.300. The van der Waals surface area contributed by atoms with Crippen molar-refractivity contribution < 1.29 is 4.74 Å². The number of hydrogen-bond donors (Lipinski definition) is 0. The minimum atomic E-state index is 0.374. The van der Waals surface area contributed by atoms with E-state index in [0.717, 1.165) is 18.4 Å². The lowest BCUT2D eigenvalue weighted by atomic mass is 9.80. The number of hydrogen-bond acceptors (Lipinski definition) is 1. The second kappa shape index (κ2) is 4.80. The first-order valence-corrected chi connectivity index (χ1v) is 5.44. The Labute approximate surface area is 82.2 Å². The SMILES string of the molecule is CCO[C@H]1C=C(C)CC[C@H]1C(C)C. The summed E-state index contributed by atoms with van der Waals surface area (Å²) in [7, 11) is 0. The highest BCUT2D eigenvalue weighted by molar-refractivity contribution is 5.08. The van der Waals surface area contributed by atoms with E-state index in [1.807, 2.05) is 0 Å². The van der Waals surface area contributed by atoms with Gasteiger partial charge in [0, 0.05) is 6.61 Å². The molecule has 0 saturated heterocycles. The molecule has 0 amide bonds. The van der Waals surface area contributed by atoms with E-state index < -0.39 is 0 Å². The molecule has 1 aliphatic carbocycles. The standard InChI is InChI=1S/C12H22O/c1-5-13-12-8-10(4)6-7-11(12)9(2)3/h8-9,11-12H,5-7H2,1-4H3/t11-,12-/m0/s1. The second-order valence-electron chi connectivity index (χ2n) is 4.38. The van der Waals surface area contributed by atoms with Crippen molar-refractivity contribution in [3.63, 3.8) is 0 Å². The van der Waals surface area contributed by atoms with Crippen molar-refractivity contribution in [3.8, 4) is 0 Å². The first kappa shape index (κ1) is 10.8. The summed E-state index contributed by atoms with van der Waals surface area (Å²) < 4.78 is 5.75.